The molecular formula is C6H12O6S. The molecule has 0 aromatic carbocycles. The van der Waals surface area contributed by atoms with E-state index in [1.807, 2.05) is 0 Å². The van der Waals surface area contributed by atoms with Crippen LogP contribution in [0.4, 0.5) is 0 Å². The number of ether oxygens (including phenoxy) is 1. The zero-order valence-electron chi connectivity index (χ0n) is 7.17. The molecule has 0 aromatic heterocycles. The number of aldehydes is 1. The Labute approximate surface area is 76.8 Å². The first-order valence-electron chi connectivity index (χ1n) is 3.59. The summed E-state index contributed by atoms with van der Waals surface area (Å²) >= 11 is 0. The van der Waals surface area contributed by atoms with Gasteiger partial charge in [0.1, 0.15) is 12.4 Å². The molecule has 0 aliphatic rings. The first kappa shape index (κ1) is 12.5. The fraction of sp³-hybridized carbons (Fsp3) is 0.833. The van der Waals surface area contributed by atoms with Crippen LogP contribution in [0.3, 0.4) is 0 Å². The van der Waals surface area contributed by atoms with Crippen LogP contribution in [0.1, 0.15) is 12.8 Å². The highest BCUT2D eigenvalue weighted by atomic mass is 32.3. The summed E-state index contributed by atoms with van der Waals surface area (Å²) in [6.07, 6.45) is -0.138. The van der Waals surface area contributed by atoms with E-state index < -0.39 is 16.5 Å². The molecule has 0 bridgehead atoms. The van der Waals surface area contributed by atoms with E-state index in [1.165, 1.54) is 7.11 Å². The van der Waals surface area contributed by atoms with Crippen LogP contribution in [0, 0.1) is 0 Å². The molecule has 0 fully saturated rings. The Morgan fingerprint density at radius 3 is 2.54 bits per heavy atom. The van der Waals surface area contributed by atoms with Gasteiger partial charge in [-0.05, 0) is 12.8 Å². The molecule has 0 heterocycles. The third-order valence-corrected chi connectivity index (χ3v) is 1.72. The number of carbonyl (C=O) groups is 1. The molecule has 7 heteroatoms. The molecule has 0 spiro atoms. The van der Waals surface area contributed by atoms with Crippen molar-refractivity contribution in [1.29, 1.82) is 0 Å². The second kappa shape index (κ2) is 6.03. The van der Waals surface area contributed by atoms with Gasteiger partial charge < -0.3 is 9.53 Å². The van der Waals surface area contributed by atoms with Crippen LogP contribution in [-0.2, 0) is 24.1 Å². The summed E-state index contributed by atoms with van der Waals surface area (Å²) < 4.78 is 37.3. The minimum absolute atomic E-state index is 0.192. The maximum atomic E-state index is 10.2. The van der Waals surface area contributed by atoms with Crippen LogP contribution in [0.25, 0.3) is 0 Å². The lowest BCUT2D eigenvalue weighted by Gasteiger charge is -2.07. The Hall–Kier alpha value is -0.500. The summed E-state index contributed by atoms with van der Waals surface area (Å²) in [5, 5.41) is 0. The third-order valence-electron chi connectivity index (χ3n) is 1.23. The molecule has 0 radical (unpaired) electrons. The standard InChI is InChI=1S/C6H12O6S/c1-11-4-2-3-6(5-7)12-13(8,9)10/h5-6H,2-4H2,1H3,(H,8,9,10). The maximum Gasteiger partial charge on any atom is 0.398 e. The van der Waals surface area contributed by atoms with Crippen molar-refractivity contribution in [3.05, 3.63) is 0 Å². The monoisotopic (exact) mass is 212 g/mol. The van der Waals surface area contributed by atoms with Crippen LogP contribution >= 0.6 is 0 Å². The lowest BCUT2D eigenvalue weighted by atomic mass is 10.2. The molecule has 0 saturated heterocycles. The van der Waals surface area contributed by atoms with Crippen LogP contribution in [0.5, 0.6) is 0 Å². The molecule has 0 saturated carbocycles. The van der Waals surface area contributed by atoms with E-state index in [4.69, 9.17) is 4.55 Å². The number of methoxy groups -OCH3 is 1. The van der Waals surface area contributed by atoms with Crippen molar-refractivity contribution < 1.29 is 26.7 Å². The van der Waals surface area contributed by atoms with Crippen molar-refractivity contribution >= 4 is 16.7 Å². The molecule has 6 nitrogen and oxygen atoms in total. The molecule has 1 N–H and O–H groups in total. The van der Waals surface area contributed by atoms with Gasteiger partial charge in [-0.1, -0.05) is 0 Å². The maximum absolute atomic E-state index is 10.2. The predicted octanol–water partition coefficient (Wildman–Crippen LogP) is -0.200. The van der Waals surface area contributed by atoms with E-state index in [-0.39, 0.29) is 6.42 Å². The molecule has 1 unspecified atom stereocenters. The number of rotatable bonds is 7. The Morgan fingerprint density at radius 2 is 2.15 bits per heavy atom. The lowest BCUT2D eigenvalue weighted by molar-refractivity contribution is -0.114. The fourth-order valence-electron chi connectivity index (χ4n) is 0.724. The van der Waals surface area contributed by atoms with E-state index in [0.717, 1.165) is 0 Å². The topological polar surface area (TPSA) is 89.9 Å². The molecule has 13 heavy (non-hydrogen) atoms. The quantitative estimate of drug-likeness (QED) is 0.357. The average Bonchev–Trinajstić information content (AvgIpc) is 2.01. The summed E-state index contributed by atoms with van der Waals surface area (Å²) in [6, 6.07) is 0. The minimum atomic E-state index is -4.54. The Kier molecular flexibility index (Phi) is 5.80. The van der Waals surface area contributed by atoms with Crippen molar-refractivity contribution in [3.8, 4) is 0 Å². The van der Waals surface area contributed by atoms with Gasteiger partial charge in [-0.2, -0.15) is 8.42 Å². The van der Waals surface area contributed by atoms with Gasteiger partial charge in [-0.25, -0.2) is 4.18 Å². The summed E-state index contributed by atoms with van der Waals surface area (Å²) in [5.41, 5.74) is 0. The molecule has 0 rings (SSSR count). The van der Waals surface area contributed by atoms with E-state index in [0.29, 0.717) is 19.3 Å². The second-order valence-corrected chi connectivity index (χ2v) is 3.38. The van der Waals surface area contributed by atoms with Gasteiger partial charge in [0.25, 0.3) is 0 Å². The first-order valence-corrected chi connectivity index (χ1v) is 4.96. The van der Waals surface area contributed by atoms with E-state index in [9.17, 15) is 13.2 Å². The van der Waals surface area contributed by atoms with Gasteiger partial charge in [0.05, 0.1) is 0 Å². The van der Waals surface area contributed by atoms with Crippen molar-refractivity contribution in [2.45, 2.75) is 18.9 Å². The fourth-order valence-corrected chi connectivity index (χ4v) is 1.18. The number of carbonyl (C=O) groups excluding carboxylic acids is 1. The normalized spacial score (nSPS) is 14.0. The molecule has 0 aromatic rings. The van der Waals surface area contributed by atoms with E-state index in [2.05, 4.69) is 8.92 Å². The Bertz CT molecular complexity index is 234. The summed E-state index contributed by atoms with van der Waals surface area (Å²) in [6.45, 7) is 0.402. The first-order chi connectivity index (χ1) is 5.99. The van der Waals surface area contributed by atoms with E-state index in [1.54, 1.807) is 0 Å². The highest BCUT2D eigenvalue weighted by Crippen LogP contribution is 2.03. The van der Waals surface area contributed by atoms with Crippen molar-refractivity contribution in [2.75, 3.05) is 13.7 Å². The van der Waals surface area contributed by atoms with Gasteiger partial charge in [-0.3, -0.25) is 4.55 Å². The Morgan fingerprint density at radius 1 is 1.54 bits per heavy atom. The van der Waals surface area contributed by atoms with Crippen LogP contribution in [0.2, 0.25) is 0 Å². The summed E-state index contributed by atoms with van der Waals surface area (Å²) in [7, 11) is -3.06. The molecule has 0 aliphatic heterocycles. The summed E-state index contributed by atoms with van der Waals surface area (Å²) in [5.74, 6) is 0. The average molecular weight is 212 g/mol. The largest absolute Gasteiger partial charge is 0.398 e. The number of hydrogen-bond donors (Lipinski definition) is 1. The van der Waals surface area contributed by atoms with Gasteiger partial charge in [-0.15, -0.1) is 0 Å². The SMILES string of the molecule is COCCCC(C=O)OS(=O)(=O)O. The lowest BCUT2D eigenvalue weighted by Crippen LogP contribution is -2.19. The summed E-state index contributed by atoms with van der Waals surface area (Å²) in [4.78, 5) is 10.2. The van der Waals surface area contributed by atoms with Crippen LogP contribution < -0.4 is 0 Å². The third kappa shape index (κ3) is 7.85. The predicted molar refractivity (Wildman–Crippen MR) is 43.6 cm³/mol. The molecule has 1 atom stereocenters. The minimum Gasteiger partial charge on any atom is -0.385 e. The van der Waals surface area contributed by atoms with Gasteiger partial charge in [0, 0.05) is 13.7 Å². The smallest absolute Gasteiger partial charge is 0.385 e. The van der Waals surface area contributed by atoms with Crippen molar-refractivity contribution in [2.24, 2.45) is 0 Å². The van der Waals surface area contributed by atoms with E-state index >= 15 is 0 Å². The second-order valence-electron chi connectivity index (χ2n) is 2.33. The van der Waals surface area contributed by atoms with Crippen LogP contribution in [0.15, 0.2) is 0 Å². The molecule has 78 valence electrons. The van der Waals surface area contributed by atoms with Crippen molar-refractivity contribution in [1.82, 2.24) is 0 Å². The van der Waals surface area contributed by atoms with Crippen LogP contribution in [-0.4, -0.2) is 39.1 Å². The zero-order valence-corrected chi connectivity index (χ0v) is 7.99. The molecule has 0 amide bonds. The highest BCUT2D eigenvalue weighted by molar-refractivity contribution is 7.80. The van der Waals surface area contributed by atoms with Gasteiger partial charge in [0.15, 0.2) is 0 Å². The van der Waals surface area contributed by atoms with Gasteiger partial charge in [0.2, 0.25) is 0 Å². The number of hydrogen-bond acceptors (Lipinski definition) is 5. The highest BCUT2D eigenvalue weighted by Gasteiger charge is 2.15. The Balaban J connectivity index is 3.84. The van der Waals surface area contributed by atoms with Crippen molar-refractivity contribution in [3.63, 3.8) is 0 Å². The van der Waals surface area contributed by atoms with Gasteiger partial charge >= 0.3 is 10.4 Å². The molecule has 0 aliphatic carbocycles. The molecular weight excluding hydrogens is 200 g/mol. The zero-order chi connectivity index (χ0) is 10.3.